The average molecular weight is 282 g/mol. The molecule has 0 aromatic rings. The van der Waals surface area contributed by atoms with Gasteiger partial charge in [-0.3, -0.25) is 4.79 Å². The molecule has 1 saturated carbocycles. The number of unbranched alkanes of at least 4 members (excludes halogenated alkanes) is 6. The maximum Gasteiger partial charge on any atom is 0.306 e. The first kappa shape index (κ1) is 17.5. The zero-order valence-electron chi connectivity index (χ0n) is 13.6. The highest BCUT2D eigenvalue weighted by Gasteiger charge is 2.33. The standard InChI is InChI=1S/C18H34O2/c1-3-5-6-7-8-9-10-11-16-14-15(4-2)12-13-17(16)18(19)20/h15-17H,3-14H2,1-2H3,(H,19,20). The van der Waals surface area contributed by atoms with E-state index in [4.69, 9.17) is 0 Å². The smallest absolute Gasteiger partial charge is 0.306 e. The van der Waals surface area contributed by atoms with Crippen LogP contribution in [0.25, 0.3) is 0 Å². The summed E-state index contributed by atoms with van der Waals surface area (Å²) in [7, 11) is 0. The van der Waals surface area contributed by atoms with Gasteiger partial charge < -0.3 is 5.11 Å². The van der Waals surface area contributed by atoms with Crippen LogP contribution >= 0.6 is 0 Å². The Bertz CT molecular complexity index is 262. The molecule has 0 spiro atoms. The summed E-state index contributed by atoms with van der Waals surface area (Å²) in [5.74, 6) is 0.618. The first-order valence-corrected chi connectivity index (χ1v) is 8.91. The van der Waals surface area contributed by atoms with Crippen LogP contribution in [0.3, 0.4) is 0 Å². The van der Waals surface area contributed by atoms with Gasteiger partial charge in [0, 0.05) is 0 Å². The number of hydrogen-bond acceptors (Lipinski definition) is 1. The lowest BCUT2D eigenvalue weighted by Gasteiger charge is -2.33. The number of carbonyl (C=O) groups is 1. The Labute approximate surface area is 125 Å². The molecule has 0 aromatic carbocycles. The molecule has 0 bridgehead atoms. The molecule has 1 aliphatic carbocycles. The second-order valence-corrected chi connectivity index (χ2v) is 6.70. The van der Waals surface area contributed by atoms with Gasteiger partial charge in [-0.2, -0.15) is 0 Å². The molecule has 118 valence electrons. The Morgan fingerprint density at radius 3 is 2.25 bits per heavy atom. The minimum Gasteiger partial charge on any atom is -0.481 e. The third-order valence-electron chi connectivity index (χ3n) is 5.16. The first-order valence-electron chi connectivity index (χ1n) is 8.91. The Morgan fingerprint density at radius 2 is 1.65 bits per heavy atom. The molecule has 3 atom stereocenters. The molecule has 1 rings (SSSR count). The van der Waals surface area contributed by atoms with E-state index in [2.05, 4.69) is 13.8 Å². The van der Waals surface area contributed by atoms with Crippen LogP contribution in [0.4, 0.5) is 0 Å². The van der Waals surface area contributed by atoms with Crippen LogP contribution in [0.2, 0.25) is 0 Å². The molecular formula is C18H34O2. The summed E-state index contributed by atoms with van der Waals surface area (Å²) in [4.78, 5) is 11.4. The van der Waals surface area contributed by atoms with Crippen LogP contribution in [0.1, 0.15) is 90.9 Å². The van der Waals surface area contributed by atoms with Crippen LogP contribution in [-0.4, -0.2) is 11.1 Å². The molecule has 0 saturated heterocycles. The van der Waals surface area contributed by atoms with Gasteiger partial charge in [-0.15, -0.1) is 0 Å². The van der Waals surface area contributed by atoms with Crippen molar-refractivity contribution in [2.24, 2.45) is 17.8 Å². The maximum absolute atomic E-state index is 11.4. The molecular weight excluding hydrogens is 248 g/mol. The van der Waals surface area contributed by atoms with Gasteiger partial charge in [0.1, 0.15) is 0 Å². The summed E-state index contributed by atoms with van der Waals surface area (Å²) in [6.45, 7) is 4.50. The van der Waals surface area contributed by atoms with E-state index in [0.29, 0.717) is 5.92 Å². The van der Waals surface area contributed by atoms with E-state index in [9.17, 15) is 9.90 Å². The summed E-state index contributed by atoms with van der Waals surface area (Å²) >= 11 is 0. The summed E-state index contributed by atoms with van der Waals surface area (Å²) in [5.41, 5.74) is 0. The molecule has 0 radical (unpaired) electrons. The van der Waals surface area contributed by atoms with Crippen molar-refractivity contribution in [2.75, 3.05) is 0 Å². The van der Waals surface area contributed by atoms with Crippen LogP contribution in [0, 0.1) is 17.8 Å². The highest BCUT2D eigenvalue weighted by Crippen LogP contribution is 2.38. The van der Waals surface area contributed by atoms with Crippen LogP contribution < -0.4 is 0 Å². The summed E-state index contributed by atoms with van der Waals surface area (Å²) in [6.07, 6.45) is 14.8. The highest BCUT2D eigenvalue weighted by molar-refractivity contribution is 5.70. The normalized spacial score (nSPS) is 26.6. The third kappa shape index (κ3) is 6.28. The average Bonchev–Trinajstić information content (AvgIpc) is 2.45. The lowest BCUT2D eigenvalue weighted by Crippen LogP contribution is -2.30. The molecule has 0 aromatic heterocycles. The van der Waals surface area contributed by atoms with Gasteiger partial charge in [-0.25, -0.2) is 0 Å². The fourth-order valence-corrected chi connectivity index (χ4v) is 3.74. The number of rotatable bonds is 10. The largest absolute Gasteiger partial charge is 0.481 e. The van der Waals surface area contributed by atoms with Crippen molar-refractivity contribution in [2.45, 2.75) is 90.9 Å². The number of carboxylic acids is 1. The molecule has 0 amide bonds. The van der Waals surface area contributed by atoms with Gasteiger partial charge in [0.25, 0.3) is 0 Å². The summed E-state index contributed by atoms with van der Waals surface area (Å²) < 4.78 is 0. The number of aliphatic carboxylic acids is 1. The van der Waals surface area contributed by atoms with Crippen molar-refractivity contribution in [3.05, 3.63) is 0 Å². The van der Waals surface area contributed by atoms with Gasteiger partial charge in [-0.1, -0.05) is 65.2 Å². The van der Waals surface area contributed by atoms with E-state index in [1.165, 1.54) is 51.4 Å². The van der Waals surface area contributed by atoms with E-state index < -0.39 is 5.97 Å². The quantitative estimate of drug-likeness (QED) is 0.525. The molecule has 1 aliphatic rings. The van der Waals surface area contributed by atoms with E-state index in [0.717, 1.165) is 31.6 Å². The predicted molar refractivity (Wildman–Crippen MR) is 84.9 cm³/mol. The summed E-state index contributed by atoms with van der Waals surface area (Å²) in [6, 6.07) is 0. The van der Waals surface area contributed by atoms with Crippen molar-refractivity contribution in [3.8, 4) is 0 Å². The predicted octanol–water partition coefficient (Wildman–Crippen LogP) is 5.65. The summed E-state index contributed by atoms with van der Waals surface area (Å²) in [5, 5.41) is 9.37. The SMILES string of the molecule is CCCCCCCCCC1CC(CC)CCC1C(=O)O. The Hall–Kier alpha value is -0.530. The second kappa shape index (κ2) is 10.2. The van der Waals surface area contributed by atoms with Crippen molar-refractivity contribution in [1.29, 1.82) is 0 Å². The molecule has 0 heterocycles. The minimum absolute atomic E-state index is 0.0575. The molecule has 2 heteroatoms. The van der Waals surface area contributed by atoms with Crippen LogP contribution in [0.5, 0.6) is 0 Å². The van der Waals surface area contributed by atoms with Gasteiger partial charge in [0.2, 0.25) is 0 Å². The van der Waals surface area contributed by atoms with E-state index in [1.807, 2.05) is 0 Å². The third-order valence-corrected chi connectivity index (χ3v) is 5.16. The first-order chi connectivity index (χ1) is 9.69. The van der Waals surface area contributed by atoms with Crippen LogP contribution in [-0.2, 0) is 4.79 Å². The lowest BCUT2D eigenvalue weighted by atomic mass is 9.71. The molecule has 1 N–H and O–H groups in total. The zero-order chi connectivity index (χ0) is 14.8. The molecule has 0 aliphatic heterocycles. The maximum atomic E-state index is 11.4. The van der Waals surface area contributed by atoms with Crippen molar-refractivity contribution in [3.63, 3.8) is 0 Å². The zero-order valence-corrected chi connectivity index (χ0v) is 13.6. The number of hydrogen-bond donors (Lipinski definition) is 1. The molecule has 1 fully saturated rings. The van der Waals surface area contributed by atoms with E-state index >= 15 is 0 Å². The lowest BCUT2D eigenvalue weighted by molar-refractivity contribution is -0.145. The fraction of sp³-hybridized carbons (Fsp3) is 0.944. The van der Waals surface area contributed by atoms with Crippen molar-refractivity contribution < 1.29 is 9.90 Å². The second-order valence-electron chi connectivity index (χ2n) is 6.70. The fourth-order valence-electron chi connectivity index (χ4n) is 3.74. The number of carboxylic acid groups (broad SMARTS) is 1. The Balaban J connectivity index is 2.21. The van der Waals surface area contributed by atoms with E-state index in [1.54, 1.807) is 0 Å². The van der Waals surface area contributed by atoms with Crippen molar-refractivity contribution >= 4 is 5.97 Å². The van der Waals surface area contributed by atoms with Gasteiger partial charge >= 0.3 is 5.97 Å². The minimum atomic E-state index is -0.549. The molecule has 3 unspecified atom stereocenters. The van der Waals surface area contributed by atoms with Gasteiger partial charge in [-0.05, 0) is 37.5 Å². The van der Waals surface area contributed by atoms with E-state index in [-0.39, 0.29) is 5.92 Å². The Kier molecular flexibility index (Phi) is 8.97. The monoisotopic (exact) mass is 282 g/mol. The topological polar surface area (TPSA) is 37.3 Å². The highest BCUT2D eigenvalue weighted by atomic mass is 16.4. The Morgan fingerprint density at radius 1 is 1.00 bits per heavy atom. The molecule has 2 nitrogen and oxygen atoms in total. The van der Waals surface area contributed by atoms with Crippen molar-refractivity contribution in [1.82, 2.24) is 0 Å². The van der Waals surface area contributed by atoms with Crippen LogP contribution in [0.15, 0.2) is 0 Å². The molecule has 20 heavy (non-hydrogen) atoms. The van der Waals surface area contributed by atoms with Gasteiger partial charge in [0.05, 0.1) is 5.92 Å². The van der Waals surface area contributed by atoms with Gasteiger partial charge in [0.15, 0.2) is 0 Å².